The van der Waals surface area contributed by atoms with E-state index in [9.17, 15) is 14.7 Å². The van der Waals surface area contributed by atoms with E-state index < -0.39 is 11.2 Å². The Morgan fingerprint density at radius 3 is 2.16 bits per heavy atom. The number of fused-ring (bicyclic) bond motifs is 2. The van der Waals surface area contributed by atoms with Crippen molar-refractivity contribution in [1.82, 2.24) is 9.13 Å². The molecule has 0 unspecified atom stereocenters. The molecule has 1 aliphatic rings. The third-order valence-corrected chi connectivity index (χ3v) is 10.6. The van der Waals surface area contributed by atoms with E-state index in [0.717, 1.165) is 62.3 Å². The monoisotopic (exact) mass is 679 g/mol. The van der Waals surface area contributed by atoms with Gasteiger partial charge in [0.1, 0.15) is 12.6 Å². The van der Waals surface area contributed by atoms with Crippen LogP contribution in [-0.4, -0.2) is 38.6 Å². The van der Waals surface area contributed by atoms with Gasteiger partial charge in [0.05, 0.1) is 0 Å². The second-order valence-electron chi connectivity index (χ2n) is 13.6. The molecule has 0 spiro atoms. The summed E-state index contributed by atoms with van der Waals surface area (Å²) < 4.78 is 4.39. The Bertz CT molecular complexity index is 2490. The average molecular weight is 680 g/mol. The topological polar surface area (TPSA) is 70.5 Å². The minimum Gasteiger partial charge on any atom is -0.494 e. The van der Waals surface area contributed by atoms with Crippen LogP contribution in [0.4, 0.5) is 11.4 Å². The summed E-state index contributed by atoms with van der Waals surface area (Å²) in [7, 11) is 7.08. The van der Waals surface area contributed by atoms with E-state index in [1.807, 2.05) is 0 Å². The van der Waals surface area contributed by atoms with Crippen molar-refractivity contribution < 1.29 is 9.68 Å². The Balaban J connectivity index is 1.46. The Labute approximate surface area is 299 Å². The summed E-state index contributed by atoms with van der Waals surface area (Å²) in [4.78, 5) is 28.7. The maximum absolute atomic E-state index is 13.8. The standard InChI is InChI=1S/C44H46N4O3/c1-28(45(5)38-26-24-32-14-9-11-18-36(32)30(38)3)20-22-34-16-13-17-35(40(34)41-42(49)47(7)44(51)48(8)43(41)50)23-21-29(2)46(6)39-27-25-33-15-10-12-19-37(33)31(39)4/h9-12,14-15,18-27H,13,16-17H2,1-8H3/p+1/b28-20+,34-22+. The summed E-state index contributed by atoms with van der Waals surface area (Å²) >= 11 is 0. The number of hydrogen-bond acceptors (Lipinski definition) is 4. The van der Waals surface area contributed by atoms with Gasteiger partial charge in [-0.15, -0.1) is 0 Å². The number of anilines is 1. The molecule has 5 aromatic rings. The largest absolute Gasteiger partial charge is 0.494 e. The lowest BCUT2D eigenvalue weighted by Crippen LogP contribution is -2.38. The van der Waals surface area contributed by atoms with Crippen molar-refractivity contribution in [3.63, 3.8) is 0 Å². The molecule has 7 heteroatoms. The molecule has 0 fully saturated rings. The average Bonchev–Trinajstić information content (AvgIpc) is 3.15. The van der Waals surface area contributed by atoms with Crippen molar-refractivity contribution in [2.45, 2.75) is 47.0 Å². The van der Waals surface area contributed by atoms with Gasteiger partial charge in [-0.25, -0.2) is 4.79 Å². The molecule has 51 heavy (non-hydrogen) atoms. The molecule has 1 aliphatic carbocycles. The predicted molar refractivity (Wildman–Crippen MR) is 213 cm³/mol. The van der Waals surface area contributed by atoms with Crippen molar-refractivity contribution in [2.75, 3.05) is 19.0 Å². The molecule has 0 bridgehead atoms. The Kier molecular flexibility index (Phi) is 9.84. The van der Waals surface area contributed by atoms with Gasteiger partial charge in [0.25, 0.3) is 5.56 Å². The van der Waals surface area contributed by atoms with Crippen molar-refractivity contribution in [2.24, 2.45) is 14.1 Å². The van der Waals surface area contributed by atoms with E-state index in [-0.39, 0.29) is 11.4 Å². The molecule has 0 atom stereocenters. The number of rotatable bonds is 7. The van der Waals surface area contributed by atoms with Gasteiger partial charge in [0, 0.05) is 57.2 Å². The van der Waals surface area contributed by atoms with Gasteiger partial charge >= 0.3 is 5.69 Å². The number of benzene rings is 4. The van der Waals surface area contributed by atoms with Crippen molar-refractivity contribution in [3.8, 4) is 5.88 Å². The highest BCUT2D eigenvalue weighted by Gasteiger charge is 2.26. The smallest absolute Gasteiger partial charge is 0.333 e. The Morgan fingerprint density at radius 1 is 0.843 bits per heavy atom. The number of aromatic hydroxyl groups is 1. The second kappa shape index (κ2) is 14.3. The van der Waals surface area contributed by atoms with E-state index in [1.165, 1.54) is 46.8 Å². The molecule has 7 nitrogen and oxygen atoms in total. The van der Waals surface area contributed by atoms with Gasteiger partial charge in [-0.2, -0.15) is 4.58 Å². The van der Waals surface area contributed by atoms with Gasteiger partial charge in [0.15, 0.2) is 5.71 Å². The molecule has 0 aliphatic heterocycles. The zero-order valence-electron chi connectivity index (χ0n) is 30.9. The minimum absolute atomic E-state index is 0.145. The Hall–Kier alpha value is -5.69. The van der Waals surface area contributed by atoms with Gasteiger partial charge < -0.3 is 10.0 Å². The third-order valence-electron chi connectivity index (χ3n) is 10.6. The SMILES string of the molecule is CC(/C=C/C1=C(c2c(O)n(C)c(=O)n(C)c2=O)C(=C/C=C(\C)N(C)c2ccc3ccccc3c2C)/CCC1)=[N+](C)c1ccc2ccccc2c1C. The van der Waals surface area contributed by atoms with Crippen LogP contribution in [0.1, 0.15) is 49.8 Å². The van der Waals surface area contributed by atoms with Crippen LogP contribution in [0.5, 0.6) is 5.88 Å². The first-order valence-electron chi connectivity index (χ1n) is 17.5. The molecule has 0 saturated carbocycles. The summed E-state index contributed by atoms with van der Waals surface area (Å²) in [5.41, 5.74) is 8.30. The maximum Gasteiger partial charge on any atom is 0.333 e. The number of aromatic nitrogens is 2. The van der Waals surface area contributed by atoms with E-state index in [2.05, 4.69) is 148 Å². The molecule has 4 aromatic carbocycles. The lowest BCUT2D eigenvalue weighted by molar-refractivity contribution is -0.404. The van der Waals surface area contributed by atoms with E-state index in [4.69, 9.17) is 0 Å². The quantitative estimate of drug-likeness (QED) is 0.138. The van der Waals surface area contributed by atoms with E-state index in [1.54, 1.807) is 0 Å². The lowest BCUT2D eigenvalue weighted by Gasteiger charge is -2.24. The second-order valence-corrected chi connectivity index (χ2v) is 13.6. The maximum atomic E-state index is 13.8. The number of hydrogen-bond donors (Lipinski definition) is 1. The van der Waals surface area contributed by atoms with Crippen LogP contribution in [-0.2, 0) is 14.1 Å². The summed E-state index contributed by atoms with van der Waals surface area (Å²) in [6.07, 6.45) is 10.6. The molecule has 0 amide bonds. The molecule has 260 valence electrons. The molecule has 0 radical (unpaired) electrons. The van der Waals surface area contributed by atoms with Gasteiger partial charge in [-0.05, 0) is 102 Å². The predicted octanol–water partition coefficient (Wildman–Crippen LogP) is 8.61. The van der Waals surface area contributed by atoms with Gasteiger partial charge in [0.2, 0.25) is 11.6 Å². The van der Waals surface area contributed by atoms with Gasteiger partial charge in [-0.3, -0.25) is 13.9 Å². The van der Waals surface area contributed by atoms with Crippen LogP contribution in [0, 0.1) is 13.8 Å². The van der Waals surface area contributed by atoms with Crippen LogP contribution in [0.2, 0.25) is 0 Å². The minimum atomic E-state index is -0.569. The van der Waals surface area contributed by atoms with E-state index in [0.29, 0.717) is 5.57 Å². The summed E-state index contributed by atoms with van der Waals surface area (Å²) in [6, 6.07) is 25.4. The normalized spacial score (nSPS) is 15.4. The van der Waals surface area contributed by atoms with Crippen molar-refractivity contribution >= 4 is 44.2 Å². The number of nitrogens with zero attached hydrogens (tertiary/aromatic N) is 4. The molecular weight excluding hydrogens is 633 g/mol. The van der Waals surface area contributed by atoms with Crippen LogP contribution in [0.25, 0.3) is 27.1 Å². The summed E-state index contributed by atoms with van der Waals surface area (Å²) in [6.45, 7) is 8.45. The van der Waals surface area contributed by atoms with Gasteiger partial charge in [-0.1, -0.05) is 66.7 Å². The molecule has 6 rings (SSSR count). The lowest BCUT2D eigenvalue weighted by atomic mass is 9.83. The number of allylic oxidation sites excluding steroid dienone is 8. The third kappa shape index (κ3) is 6.52. The zero-order chi connectivity index (χ0) is 36.6. The molecule has 1 N–H and O–H groups in total. The van der Waals surface area contributed by atoms with Crippen LogP contribution in [0.3, 0.4) is 0 Å². The fourth-order valence-electron chi connectivity index (χ4n) is 7.24. The molecular formula is C44H47N4O3+. The fourth-order valence-corrected chi connectivity index (χ4v) is 7.24. The fraction of sp³-hybridized carbons (Fsp3) is 0.250. The van der Waals surface area contributed by atoms with Crippen molar-refractivity contribution in [3.05, 3.63) is 151 Å². The highest BCUT2D eigenvalue weighted by atomic mass is 16.3. The summed E-state index contributed by atoms with van der Waals surface area (Å²) in [5, 5.41) is 16.2. The Morgan fingerprint density at radius 2 is 1.47 bits per heavy atom. The van der Waals surface area contributed by atoms with Crippen molar-refractivity contribution in [1.29, 1.82) is 0 Å². The van der Waals surface area contributed by atoms with Crippen LogP contribution >= 0.6 is 0 Å². The number of aryl methyl sites for hydroxylation is 2. The zero-order valence-corrected chi connectivity index (χ0v) is 30.9. The molecule has 0 saturated heterocycles. The first kappa shape index (κ1) is 35.1. The first-order valence-corrected chi connectivity index (χ1v) is 17.5. The first-order chi connectivity index (χ1) is 24.4. The van der Waals surface area contributed by atoms with Crippen LogP contribution < -0.4 is 16.1 Å². The highest BCUT2D eigenvalue weighted by Crippen LogP contribution is 2.39. The molecule has 1 aromatic heterocycles. The van der Waals surface area contributed by atoms with Crippen LogP contribution in [0.15, 0.2) is 124 Å². The highest BCUT2D eigenvalue weighted by molar-refractivity contribution is 5.94. The summed E-state index contributed by atoms with van der Waals surface area (Å²) in [5.74, 6) is -0.328. The molecule has 1 heterocycles. The van der Waals surface area contributed by atoms with E-state index >= 15 is 0 Å².